The number of nitrogens with one attached hydrogen (secondary N) is 2. The van der Waals surface area contributed by atoms with E-state index in [-0.39, 0.29) is 18.0 Å². The molecule has 1 aliphatic rings. The van der Waals surface area contributed by atoms with E-state index in [4.69, 9.17) is 5.11 Å². The first-order chi connectivity index (χ1) is 9.50. The van der Waals surface area contributed by atoms with Crippen LogP contribution in [0, 0.1) is 11.8 Å². The molecule has 0 aliphatic heterocycles. The molecule has 3 unspecified atom stereocenters. The minimum atomic E-state index is -0.776. The summed E-state index contributed by atoms with van der Waals surface area (Å²) in [6, 6.07) is 0.155. The Morgan fingerprint density at radius 2 is 1.95 bits per heavy atom. The molecule has 0 aromatic heterocycles. The Morgan fingerprint density at radius 1 is 1.25 bits per heavy atom. The summed E-state index contributed by atoms with van der Waals surface area (Å²) < 4.78 is 0. The van der Waals surface area contributed by atoms with Crippen LogP contribution < -0.4 is 10.6 Å². The van der Waals surface area contributed by atoms with Gasteiger partial charge in [0.05, 0.1) is 5.92 Å². The van der Waals surface area contributed by atoms with Gasteiger partial charge in [-0.15, -0.1) is 0 Å². The third-order valence-corrected chi connectivity index (χ3v) is 4.20. The minimum Gasteiger partial charge on any atom is -0.481 e. The Bertz CT molecular complexity index is 320. The molecular formula is C15H28N2O3. The number of carbonyl (C=O) groups is 2. The number of urea groups is 1. The van der Waals surface area contributed by atoms with Crippen LogP contribution in [0.25, 0.3) is 0 Å². The SMILES string of the molecule is CC(CCCNC(=O)NC1CCCCCC1C)C(=O)O. The smallest absolute Gasteiger partial charge is 0.315 e. The summed E-state index contributed by atoms with van der Waals surface area (Å²) in [5, 5.41) is 14.6. The van der Waals surface area contributed by atoms with Gasteiger partial charge in [-0.1, -0.05) is 33.1 Å². The normalized spacial score (nSPS) is 24.5. The quantitative estimate of drug-likeness (QED) is 0.518. The van der Waals surface area contributed by atoms with Gasteiger partial charge in [0.2, 0.25) is 0 Å². The van der Waals surface area contributed by atoms with Gasteiger partial charge in [-0.05, 0) is 31.6 Å². The van der Waals surface area contributed by atoms with Crippen LogP contribution >= 0.6 is 0 Å². The number of aliphatic carboxylic acids is 1. The average Bonchev–Trinajstić information content (AvgIpc) is 2.60. The molecule has 0 heterocycles. The van der Waals surface area contributed by atoms with Crippen LogP contribution in [0.5, 0.6) is 0 Å². The minimum absolute atomic E-state index is 0.119. The van der Waals surface area contributed by atoms with E-state index < -0.39 is 5.97 Å². The summed E-state index contributed by atoms with van der Waals surface area (Å²) in [4.78, 5) is 22.5. The molecule has 20 heavy (non-hydrogen) atoms. The molecule has 5 nitrogen and oxygen atoms in total. The molecule has 5 heteroatoms. The zero-order valence-corrected chi connectivity index (χ0v) is 12.7. The lowest BCUT2D eigenvalue weighted by molar-refractivity contribution is -0.141. The zero-order chi connectivity index (χ0) is 15.0. The van der Waals surface area contributed by atoms with E-state index in [1.165, 1.54) is 25.7 Å². The second kappa shape index (κ2) is 8.82. The largest absolute Gasteiger partial charge is 0.481 e. The van der Waals surface area contributed by atoms with Gasteiger partial charge in [0, 0.05) is 12.6 Å². The topological polar surface area (TPSA) is 78.4 Å². The molecule has 1 aliphatic carbocycles. The summed E-state index contributed by atoms with van der Waals surface area (Å²) >= 11 is 0. The van der Waals surface area contributed by atoms with E-state index in [1.807, 2.05) is 0 Å². The molecule has 116 valence electrons. The maximum atomic E-state index is 11.8. The lowest BCUT2D eigenvalue weighted by atomic mass is 9.97. The number of carboxylic acids is 1. The van der Waals surface area contributed by atoms with Gasteiger partial charge in [-0.3, -0.25) is 4.79 Å². The predicted octanol–water partition coefficient (Wildman–Crippen LogP) is 2.76. The van der Waals surface area contributed by atoms with E-state index >= 15 is 0 Å². The summed E-state index contributed by atoms with van der Waals surface area (Å²) in [7, 11) is 0. The number of hydrogen-bond acceptors (Lipinski definition) is 2. The molecule has 3 atom stereocenters. The summed E-state index contributed by atoms with van der Waals surface area (Å²) in [6.07, 6.45) is 7.24. The molecule has 0 bridgehead atoms. The Morgan fingerprint density at radius 3 is 2.65 bits per heavy atom. The first-order valence-electron chi connectivity index (χ1n) is 7.78. The molecule has 2 amide bonds. The Labute approximate surface area is 121 Å². The monoisotopic (exact) mass is 284 g/mol. The predicted molar refractivity (Wildman–Crippen MR) is 78.6 cm³/mol. The summed E-state index contributed by atoms with van der Waals surface area (Å²) in [5.74, 6) is -0.584. The van der Waals surface area contributed by atoms with Crippen molar-refractivity contribution in [3.05, 3.63) is 0 Å². The lowest BCUT2D eigenvalue weighted by Crippen LogP contribution is -2.45. The number of rotatable bonds is 6. The number of amides is 2. The Kier molecular flexibility index (Phi) is 7.41. The molecular weight excluding hydrogens is 256 g/mol. The highest BCUT2D eigenvalue weighted by Crippen LogP contribution is 2.22. The van der Waals surface area contributed by atoms with Gasteiger partial charge in [-0.25, -0.2) is 4.79 Å². The third-order valence-electron chi connectivity index (χ3n) is 4.20. The summed E-state index contributed by atoms with van der Waals surface area (Å²) in [6.45, 7) is 4.42. The standard InChI is InChI=1S/C15H28N2O3/c1-11-7-4-3-5-9-13(11)17-15(20)16-10-6-8-12(2)14(18)19/h11-13H,3-10H2,1-2H3,(H,18,19)(H2,16,17,20). The number of hydrogen-bond donors (Lipinski definition) is 3. The van der Waals surface area contributed by atoms with Gasteiger partial charge < -0.3 is 15.7 Å². The van der Waals surface area contributed by atoms with Gasteiger partial charge in [-0.2, -0.15) is 0 Å². The fourth-order valence-corrected chi connectivity index (χ4v) is 2.66. The highest BCUT2D eigenvalue weighted by atomic mass is 16.4. The summed E-state index contributed by atoms with van der Waals surface area (Å²) in [5.41, 5.74) is 0. The second-order valence-electron chi connectivity index (χ2n) is 6.00. The van der Waals surface area contributed by atoms with Crippen molar-refractivity contribution in [2.75, 3.05) is 6.54 Å². The molecule has 0 radical (unpaired) electrons. The van der Waals surface area contributed by atoms with E-state index in [0.717, 1.165) is 6.42 Å². The van der Waals surface area contributed by atoms with E-state index in [1.54, 1.807) is 6.92 Å². The molecule has 1 saturated carbocycles. The fraction of sp³-hybridized carbons (Fsp3) is 0.867. The molecule has 0 aromatic rings. The molecule has 0 aromatic carbocycles. The number of carbonyl (C=O) groups excluding carboxylic acids is 1. The molecule has 0 spiro atoms. The maximum Gasteiger partial charge on any atom is 0.315 e. The number of carboxylic acid groups (broad SMARTS) is 1. The first kappa shape index (κ1) is 16.8. The van der Waals surface area contributed by atoms with Crippen molar-refractivity contribution in [3.63, 3.8) is 0 Å². The maximum absolute atomic E-state index is 11.8. The van der Waals surface area contributed by atoms with Crippen LogP contribution in [-0.2, 0) is 4.79 Å². The van der Waals surface area contributed by atoms with Crippen molar-refractivity contribution in [2.24, 2.45) is 11.8 Å². The van der Waals surface area contributed by atoms with Crippen LogP contribution in [-0.4, -0.2) is 29.7 Å². The molecule has 1 rings (SSSR count). The van der Waals surface area contributed by atoms with Crippen LogP contribution in [0.3, 0.4) is 0 Å². The van der Waals surface area contributed by atoms with Crippen LogP contribution in [0.15, 0.2) is 0 Å². The van der Waals surface area contributed by atoms with Gasteiger partial charge in [0.15, 0.2) is 0 Å². The first-order valence-corrected chi connectivity index (χ1v) is 7.78. The van der Waals surface area contributed by atoms with Crippen molar-refractivity contribution < 1.29 is 14.7 Å². The Balaban J connectivity index is 2.17. The van der Waals surface area contributed by atoms with Gasteiger partial charge in [0.25, 0.3) is 0 Å². The average molecular weight is 284 g/mol. The van der Waals surface area contributed by atoms with Crippen molar-refractivity contribution in [1.29, 1.82) is 0 Å². The van der Waals surface area contributed by atoms with E-state index in [9.17, 15) is 9.59 Å². The van der Waals surface area contributed by atoms with Gasteiger partial charge >= 0.3 is 12.0 Å². The molecule has 0 saturated heterocycles. The van der Waals surface area contributed by atoms with Crippen LogP contribution in [0.4, 0.5) is 4.79 Å². The van der Waals surface area contributed by atoms with E-state index in [0.29, 0.717) is 25.3 Å². The lowest BCUT2D eigenvalue weighted by Gasteiger charge is -2.23. The molecule has 3 N–H and O–H groups in total. The van der Waals surface area contributed by atoms with Crippen molar-refractivity contribution in [2.45, 2.75) is 64.8 Å². The second-order valence-corrected chi connectivity index (χ2v) is 6.00. The molecule has 1 fully saturated rings. The van der Waals surface area contributed by atoms with Crippen molar-refractivity contribution in [3.8, 4) is 0 Å². The van der Waals surface area contributed by atoms with Crippen molar-refractivity contribution >= 4 is 12.0 Å². The van der Waals surface area contributed by atoms with Gasteiger partial charge in [0.1, 0.15) is 0 Å². The third kappa shape index (κ3) is 6.26. The Hall–Kier alpha value is -1.26. The van der Waals surface area contributed by atoms with Crippen molar-refractivity contribution in [1.82, 2.24) is 10.6 Å². The van der Waals surface area contributed by atoms with E-state index in [2.05, 4.69) is 17.6 Å². The van der Waals surface area contributed by atoms with Crippen LogP contribution in [0.2, 0.25) is 0 Å². The highest BCUT2D eigenvalue weighted by molar-refractivity contribution is 5.74. The zero-order valence-electron chi connectivity index (χ0n) is 12.7. The van der Waals surface area contributed by atoms with Crippen LogP contribution in [0.1, 0.15) is 58.8 Å². The highest BCUT2D eigenvalue weighted by Gasteiger charge is 2.21. The fourth-order valence-electron chi connectivity index (χ4n) is 2.66.